The SMILES string of the molecule is N#CC1(N2CCCNCC2)CC2CCC1C2. The Labute approximate surface area is 97.8 Å². The first kappa shape index (κ1) is 10.6. The smallest absolute Gasteiger partial charge is 0.112 e. The molecule has 2 bridgehead atoms. The van der Waals surface area contributed by atoms with Gasteiger partial charge in [0, 0.05) is 19.6 Å². The molecule has 88 valence electrons. The average Bonchev–Trinajstić information content (AvgIpc) is 2.80. The van der Waals surface area contributed by atoms with Crippen molar-refractivity contribution in [1.82, 2.24) is 10.2 Å². The second-order valence-corrected chi connectivity index (χ2v) is 5.71. The van der Waals surface area contributed by atoms with Gasteiger partial charge in [-0.2, -0.15) is 5.26 Å². The molecule has 1 heterocycles. The van der Waals surface area contributed by atoms with Crippen molar-refractivity contribution in [2.24, 2.45) is 11.8 Å². The highest BCUT2D eigenvalue weighted by molar-refractivity contribution is 5.19. The minimum atomic E-state index is -0.0884. The quantitative estimate of drug-likeness (QED) is 0.724. The van der Waals surface area contributed by atoms with Crippen LogP contribution in [0.1, 0.15) is 32.1 Å². The third-order valence-corrected chi connectivity index (χ3v) is 4.91. The molecule has 0 aromatic rings. The van der Waals surface area contributed by atoms with Gasteiger partial charge in [-0.3, -0.25) is 4.90 Å². The predicted octanol–water partition coefficient (Wildman–Crippen LogP) is 1.36. The Balaban J connectivity index is 1.82. The molecule has 1 N–H and O–H groups in total. The Kier molecular flexibility index (Phi) is 2.65. The third kappa shape index (κ3) is 1.48. The predicted molar refractivity (Wildman–Crippen MR) is 62.9 cm³/mol. The number of hydrogen-bond donors (Lipinski definition) is 1. The highest BCUT2D eigenvalue weighted by atomic mass is 15.2. The normalized spacial score (nSPS) is 44.2. The van der Waals surface area contributed by atoms with Crippen molar-refractivity contribution in [3.63, 3.8) is 0 Å². The van der Waals surface area contributed by atoms with Crippen LogP contribution in [0.25, 0.3) is 0 Å². The second-order valence-electron chi connectivity index (χ2n) is 5.71. The zero-order valence-corrected chi connectivity index (χ0v) is 9.91. The first-order valence-electron chi connectivity index (χ1n) is 6.72. The molecule has 3 nitrogen and oxygen atoms in total. The van der Waals surface area contributed by atoms with Crippen molar-refractivity contribution in [3.8, 4) is 6.07 Å². The van der Waals surface area contributed by atoms with Gasteiger partial charge in [-0.05, 0) is 50.5 Å². The maximum absolute atomic E-state index is 9.67. The molecule has 0 aromatic heterocycles. The molecular formula is C13H21N3. The lowest BCUT2D eigenvalue weighted by molar-refractivity contribution is 0.0896. The van der Waals surface area contributed by atoms with Crippen LogP contribution in [-0.4, -0.2) is 36.6 Å². The van der Waals surface area contributed by atoms with E-state index in [9.17, 15) is 5.26 Å². The van der Waals surface area contributed by atoms with Crippen LogP contribution in [0.3, 0.4) is 0 Å². The van der Waals surface area contributed by atoms with E-state index in [4.69, 9.17) is 0 Å². The van der Waals surface area contributed by atoms with E-state index in [-0.39, 0.29) is 5.54 Å². The lowest BCUT2D eigenvalue weighted by atomic mass is 9.80. The molecule has 0 radical (unpaired) electrons. The number of fused-ring (bicyclic) bond motifs is 2. The molecule has 0 spiro atoms. The second kappa shape index (κ2) is 4.01. The molecular weight excluding hydrogens is 198 g/mol. The number of rotatable bonds is 1. The Morgan fingerprint density at radius 3 is 2.88 bits per heavy atom. The fraction of sp³-hybridized carbons (Fsp3) is 0.923. The summed E-state index contributed by atoms with van der Waals surface area (Å²) in [5, 5.41) is 13.1. The van der Waals surface area contributed by atoms with Gasteiger partial charge in [0.25, 0.3) is 0 Å². The minimum absolute atomic E-state index is 0.0884. The molecule has 2 aliphatic carbocycles. The summed E-state index contributed by atoms with van der Waals surface area (Å²) >= 11 is 0. The fourth-order valence-corrected chi connectivity index (χ4v) is 4.14. The molecule has 0 amide bonds. The van der Waals surface area contributed by atoms with Gasteiger partial charge < -0.3 is 5.32 Å². The molecule has 3 atom stereocenters. The summed E-state index contributed by atoms with van der Waals surface area (Å²) in [6.07, 6.45) is 6.33. The topological polar surface area (TPSA) is 39.1 Å². The Morgan fingerprint density at radius 1 is 1.25 bits per heavy atom. The molecule has 3 rings (SSSR count). The van der Waals surface area contributed by atoms with Crippen molar-refractivity contribution in [2.75, 3.05) is 26.2 Å². The van der Waals surface area contributed by atoms with Crippen molar-refractivity contribution >= 4 is 0 Å². The van der Waals surface area contributed by atoms with Crippen molar-refractivity contribution in [1.29, 1.82) is 5.26 Å². The molecule has 0 aromatic carbocycles. The zero-order valence-electron chi connectivity index (χ0n) is 9.91. The Morgan fingerprint density at radius 2 is 2.19 bits per heavy atom. The highest BCUT2D eigenvalue weighted by Crippen LogP contribution is 2.53. The number of hydrogen-bond acceptors (Lipinski definition) is 3. The summed E-state index contributed by atoms with van der Waals surface area (Å²) in [5.74, 6) is 1.52. The largest absolute Gasteiger partial charge is 0.315 e. The average molecular weight is 219 g/mol. The number of nitrogens with zero attached hydrogens (tertiary/aromatic N) is 2. The van der Waals surface area contributed by atoms with Gasteiger partial charge in [-0.25, -0.2) is 0 Å². The van der Waals surface area contributed by atoms with E-state index in [1.165, 1.54) is 25.7 Å². The van der Waals surface area contributed by atoms with Crippen molar-refractivity contribution in [3.05, 3.63) is 0 Å². The van der Waals surface area contributed by atoms with Crippen LogP contribution in [0.4, 0.5) is 0 Å². The third-order valence-electron chi connectivity index (χ3n) is 4.91. The van der Waals surface area contributed by atoms with E-state index in [0.29, 0.717) is 5.92 Å². The van der Waals surface area contributed by atoms with Gasteiger partial charge in [-0.1, -0.05) is 0 Å². The minimum Gasteiger partial charge on any atom is -0.315 e. The van der Waals surface area contributed by atoms with Gasteiger partial charge >= 0.3 is 0 Å². The first-order valence-corrected chi connectivity index (χ1v) is 6.72. The maximum atomic E-state index is 9.67. The van der Waals surface area contributed by atoms with E-state index < -0.39 is 0 Å². The van der Waals surface area contributed by atoms with E-state index >= 15 is 0 Å². The Hall–Kier alpha value is -0.590. The number of nitrogens with one attached hydrogen (secondary N) is 1. The lowest BCUT2D eigenvalue weighted by Crippen LogP contribution is -2.52. The number of nitriles is 1. The van der Waals surface area contributed by atoms with Gasteiger partial charge in [-0.15, -0.1) is 0 Å². The summed E-state index contributed by atoms with van der Waals surface area (Å²) in [4.78, 5) is 2.50. The van der Waals surface area contributed by atoms with E-state index in [2.05, 4.69) is 16.3 Å². The van der Waals surface area contributed by atoms with E-state index in [1.807, 2.05) is 0 Å². The Bertz CT molecular complexity index is 301. The summed E-state index contributed by atoms with van der Waals surface area (Å²) in [7, 11) is 0. The van der Waals surface area contributed by atoms with Crippen LogP contribution in [0.15, 0.2) is 0 Å². The van der Waals surface area contributed by atoms with Crippen LogP contribution in [0.2, 0.25) is 0 Å². The van der Waals surface area contributed by atoms with Crippen LogP contribution in [0.5, 0.6) is 0 Å². The van der Waals surface area contributed by atoms with Gasteiger partial charge in [0.05, 0.1) is 6.07 Å². The van der Waals surface area contributed by atoms with Crippen LogP contribution >= 0.6 is 0 Å². The monoisotopic (exact) mass is 219 g/mol. The first-order chi connectivity index (χ1) is 7.85. The summed E-state index contributed by atoms with van der Waals surface area (Å²) < 4.78 is 0. The van der Waals surface area contributed by atoms with Crippen LogP contribution in [0, 0.1) is 23.2 Å². The molecule has 1 aliphatic heterocycles. The van der Waals surface area contributed by atoms with Gasteiger partial charge in [0.1, 0.15) is 5.54 Å². The van der Waals surface area contributed by atoms with Crippen LogP contribution < -0.4 is 5.32 Å². The molecule has 3 fully saturated rings. The molecule has 2 saturated carbocycles. The summed E-state index contributed by atoms with van der Waals surface area (Å²) in [5.41, 5.74) is -0.0884. The van der Waals surface area contributed by atoms with Gasteiger partial charge in [0.15, 0.2) is 0 Å². The molecule has 3 aliphatic rings. The maximum Gasteiger partial charge on any atom is 0.112 e. The standard InChI is InChI=1S/C13H21N3/c14-10-13(9-11-2-3-12(13)8-11)16-6-1-4-15-5-7-16/h11-12,15H,1-9H2. The summed E-state index contributed by atoms with van der Waals surface area (Å²) in [6, 6.07) is 2.70. The molecule has 1 saturated heterocycles. The van der Waals surface area contributed by atoms with Crippen molar-refractivity contribution in [2.45, 2.75) is 37.6 Å². The summed E-state index contributed by atoms with van der Waals surface area (Å²) in [6.45, 7) is 4.35. The van der Waals surface area contributed by atoms with Crippen LogP contribution in [-0.2, 0) is 0 Å². The fourth-order valence-electron chi connectivity index (χ4n) is 4.14. The molecule has 3 heteroatoms. The van der Waals surface area contributed by atoms with Gasteiger partial charge in [0.2, 0.25) is 0 Å². The molecule has 3 unspecified atom stereocenters. The lowest BCUT2D eigenvalue weighted by Gasteiger charge is -2.41. The molecule has 16 heavy (non-hydrogen) atoms. The zero-order chi connectivity index (χ0) is 11.0. The van der Waals surface area contributed by atoms with E-state index in [0.717, 1.165) is 38.5 Å². The van der Waals surface area contributed by atoms with Crippen molar-refractivity contribution < 1.29 is 0 Å². The highest BCUT2D eigenvalue weighted by Gasteiger charge is 2.54. The van der Waals surface area contributed by atoms with E-state index in [1.54, 1.807) is 0 Å².